The molecule has 0 aliphatic carbocycles. The van der Waals surface area contributed by atoms with Crippen LogP contribution in [0.5, 0.6) is 0 Å². The van der Waals surface area contributed by atoms with Crippen molar-refractivity contribution in [1.29, 1.82) is 0 Å². The SMILES string of the molecule is CS(=O)(=O)c1ccc(SCc2ccc(Br)cc2F)cc1. The Morgan fingerprint density at radius 3 is 2.35 bits per heavy atom. The second kappa shape index (κ2) is 6.28. The van der Waals surface area contributed by atoms with Crippen LogP contribution in [0.15, 0.2) is 56.7 Å². The summed E-state index contributed by atoms with van der Waals surface area (Å²) in [4.78, 5) is 1.19. The molecule has 0 heterocycles. The van der Waals surface area contributed by atoms with Crippen molar-refractivity contribution in [3.05, 3.63) is 58.3 Å². The van der Waals surface area contributed by atoms with E-state index in [4.69, 9.17) is 0 Å². The van der Waals surface area contributed by atoms with Gasteiger partial charge in [0.25, 0.3) is 0 Å². The fraction of sp³-hybridized carbons (Fsp3) is 0.143. The van der Waals surface area contributed by atoms with Crippen molar-refractivity contribution in [3.63, 3.8) is 0 Å². The number of hydrogen-bond donors (Lipinski definition) is 0. The Kier molecular flexibility index (Phi) is 4.88. The van der Waals surface area contributed by atoms with Crippen LogP contribution in [0.4, 0.5) is 4.39 Å². The van der Waals surface area contributed by atoms with E-state index in [9.17, 15) is 12.8 Å². The Hall–Kier alpha value is -0.850. The van der Waals surface area contributed by atoms with E-state index in [1.807, 2.05) is 0 Å². The molecule has 2 aromatic carbocycles. The van der Waals surface area contributed by atoms with Crippen LogP contribution in [0, 0.1) is 5.82 Å². The molecule has 0 aliphatic rings. The molecule has 0 aromatic heterocycles. The van der Waals surface area contributed by atoms with E-state index in [0.717, 1.165) is 4.90 Å². The third kappa shape index (κ3) is 4.07. The molecule has 0 fully saturated rings. The molecule has 2 aromatic rings. The van der Waals surface area contributed by atoms with Gasteiger partial charge in [-0.2, -0.15) is 0 Å². The molecule has 0 saturated carbocycles. The molecule has 0 amide bonds. The number of benzene rings is 2. The molecular weight excluding hydrogens is 363 g/mol. The molecule has 0 atom stereocenters. The molecule has 2 rings (SSSR count). The van der Waals surface area contributed by atoms with Crippen LogP contribution in [-0.4, -0.2) is 14.7 Å². The molecule has 0 radical (unpaired) electrons. The first-order valence-electron chi connectivity index (χ1n) is 5.73. The van der Waals surface area contributed by atoms with Gasteiger partial charge in [-0.25, -0.2) is 12.8 Å². The lowest BCUT2D eigenvalue weighted by atomic mass is 10.2. The quantitative estimate of drug-likeness (QED) is 0.748. The average molecular weight is 375 g/mol. The zero-order chi connectivity index (χ0) is 14.8. The summed E-state index contributed by atoms with van der Waals surface area (Å²) < 4.78 is 37.0. The minimum Gasteiger partial charge on any atom is -0.224 e. The van der Waals surface area contributed by atoms with Gasteiger partial charge in [0.2, 0.25) is 0 Å². The topological polar surface area (TPSA) is 34.1 Å². The minimum atomic E-state index is -3.17. The highest BCUT2D eigenvalue weighted by atomic mass is 79.9. The van der Waals surface area contributed by atoms with Gasteiger partial charge < -0.3 is 0 Å². The third-order valence-electron chi connectivity index (χ3n) is 2.66. The van der Waals surface area contributed by atoms with E-state index in [2.05, 4.69) is 15.9 Å². The lowest BCUT2D eigenvalue weighted by molar-refractivity contribution is 0.602. The molecule has 20 heavy (non-hydrogen) atoms. The van der Waals surface area contributed by atoms with Crippen molar-refractivity contribution in [3.8, 4) is 0 Å². The van der Waals surface area contributed by atoms with Gasteiger partial charge in [-0.3, -0.25) is 0 Å². The van der Waals surface area contributed by atoms with E-state index < -0.39 is 9.84 Å². The molecule has 0 unspecified atom stereocenters. The van der Waals surface area contributed by atoms with Crippen LogP contribution in [0.25, 0.3) is 0 Å². The normalized spacial score (nSPS) is 11.6. The molecule has 0 aliphatic heterocycles. The van der Waals surface area contributed by atoms with Gasteiger partial charge in [0.1, 0.15) is 5.82 Å². The predicted octanol–water partition coefficient (Wildman–Crippen LogP) is 4.28. The summed E-state index contributed by atoms with van der Waals surface area (Å²) in [6.07, 6.45) is 1.17. The smallest absolute Gasteiger partial charge is 0.175 e. The van der Waals surface area contributed by atoms with Gasteiger partial charge in [0.15, 0.2) is 9.84 Å². The maximum Gasteiger partial charge on any atom is 0.175 e. The molecular formula is C14H12BrFO2S2. The van der Waals surface area contributed by atoms with Crippen LogP contribution in [0.3, 0.4) is 0 Å². The van der Waals surface area contributed by atoms with E-state index in [0.29, 0.717) is 15.8 Å². The summed E-state index contributed by atoms with van der Waals surface area (Å²) in [6, 6.07) is 11.6. The lowest BCUT2D eigenvalue weighted by Crippen LogP contribution is -1.96. The monoisotopic (exact) mass is 374 g/mol. The fourth-order valence-corrected chi connectivity index (χ4v) is 3.43. The maximum atomic E-state index is 13.7. The van der Waals surface area contributed by atoms with E-state index in [-0.39, 0.29) is 10.7 Å². The first kappa shape index (κ1) is 15.5. The number of thioether (sulfide) groups is 1. The van der Waals surface area contributed by atoms with Crippen molar-refractivity contribution in [2.75, 3.05) is 6.26 Å². The van der Waals surface area contributed by atoms with Gasteiger partial charge in [-0.15, -0.1) is 11.8 Å². The van der Waals surface area contributed by atoms with E-state index >= 15 is 0 Å². The minimum absolute atomic E-state index is 0.250. The largest absolute Gasteiger partial charge is 0.224 e. The highest BCUT2D eigenvalue weighted by Crippen LogP contribution is 2.26. The van der Waals surface area contributed by atoms with Crippen LogP contribution in [-0.2, 0) is 15.6 Å². The Labute approximate surface area is 130 Å². The first-order chi connectivity index (χ1) is 9.36. The number of halogens is 2. The summed E-state index contributed by atoms with van der Waals surface area (Å²) in [5.41, 5.74) is 0.616. The van der Waals surface area contributed by atoms with Gasteiger partial charge in [-0.05, 0) is 42.0 Å². The molecule has 106 valence electrons. The first-order valence-corrected chi connectivity index (χ1v) is 9.40. The van der Waals surface area contributed by atoms with Gasteiger partial charge >= 0.3 is 0 Å². The van der Waals surface area contributed by atoms with Crippen molar-refractivity contribution in [1.82, 2.24) is 0 Å². The zero-order valence-electron chi connectivity index (χ0n) is 10.6. The maximum absolute atomic E-state index is 13.7. The van der Waals surface area contributed by atoms with Crippen LogP contribution < -0.4 is 0 Å². The van der Waals surface area contributed by atoms with Crippen molar-refractivity contribution in [2.24, 2.45) is 0 Å². The molecule has 0 N–H and O–H groups in total. The highest BCUT2D eigenvalue weighted by molar-refractivity contribution is 9.10. The summed E-state index contributed by atoms with van der Waals surface area (Å²) in [6.45, 7) is 0. The lowest BCUT2D eigenvalue weighted by Gasteiger charge is -2.05. The molecule has 0 spiro atoms. The molecule has 2 nitrogen and oxygen atoms in total. The Morgan fingerprint density at radius 1 is 1.15 bits per heavy atom. The molecule has 0 saturated heterocycles. The average Bonchev–Trinajstić information content (AvgIpc) is 2.37. The van der Waals surface area contributed by atoms with Crippen LogP contribution in [0.2, 0.25) is 0 Å². The number of rotatable bonds is 4. The standard InChI is InChI=1S/C14H12BrFO2S2/c1-20(17,18)13-6-4-12(5-7-13)19-9-10-2-3-11(15)8-14(10)16/h2-8H,9H2,1H3. The van der Waals surface area contributed by atoms with Crippen molar-refractivity contribution < 1.29 is 12.8 Å². The van der Waals surface area contributed by atoms with Crippen molar-refractivity contribution in [2.45, 2.75) is 15.5 Å². The van der Waals surface area contributed by atoms with Crippen LogP contribution in [0.1, 0.15) is 5.56 Å². The predicted molar refractivity (Wildman–Crippen MR) is 83.2 cm³/mol. The summed E-state index contributed by atoms with van der Waals surface area (Å²) in [7, 11) is -3.17. The fourth-order valence-electron chi connectivity index (χ4n) is 1.58. The Morgan fingerprint density at radius 2 is 1.80 bits per heavy atom. The van der Waals surface area contributed by atoms with E-state index in [1.165, 1.54) is 24.1 Å². The Bertz CT molecular complexity index is 712. The summed E-state index contributed by atoms with van der Waals surface area (Å²) >= 11 is 4.68. The van der Waals surface area contributed by atoms with Crippen LogP contribution >= 0.6 is 27.7 Å². The second-order valence-electron chi connectivity index (χ2n) is 4.27. The van der Waals surface area contributed by atoms with Gasteiger partial charge in [0, 0.05) is 21.4 Å². The van der Waals surface area contributed by atoms with Gasteiger partial charge in [0.05, 0.1) is 4.90 Å². The third-order valence-corrected chi connectivity index (χ3v) is 5.34. The Balaban J connectivity index is 2.08. The zero-order valence-corrected chi connectivity index (χ0v) is 13.9. The van der Waals surface area contributed by atoms with E-state index in [1.54, 1.807) is 36.4 Å². The highest BCUT2D eigenvalue weighted by Gasteiger charge is 2.07. The van der Waals surface area contributed by atoms with Gasteiger partial charge in [-0.1, -0.05) is 22.0 Å². The molecule has 0 bridgehead atoms. The number of sulfone groups is 1. The van der Waals surface area contributed by atoms with Crippen molar-refractivity contribution >= 4 is 37.5 Å². The molecule has 6 heteroatoms. The summed E-state index contributed by atoms with van der Waals surface area (Å²) in [5.74, 6) is 0.247. The number of hydrogen-bond acceptors (Lipinski definition) is 3. The summed E-state index contributed by atoms with van der Waals surface area (Å²) in [5, 5.41) is 0. The second-order valence-corrected chi connectivity index (χ2v) is 8.25.